The standard InChI is InChI=1S/C21H22F3O3P/c1-15(12-13-16-8-4-2-5-9-16)20(21(22,23)24,14-18(25)27-28)19(26)17-10-6-3-7-11-17/h2-11,15H,12-14,28H2,1H3. The molecule has 0 saturated carbocycles. The van der Waals surface area contributed by atoms with E-state index in [9.17, 15) is 22.8 Å². The first-order valence-electron chi connectivity index (χ1n) is 8.82. The molecule has 2 aromatic rings. The summed E-state index contributed by atoms with van der Waals surface area (Å²) in [6.07, 6.45) is -5.54. The lowest BCUT2D eigenvalue weighted by molar-refractivity contribution is -0.224. The van der Waals surface area contributed by atoms with Crippen molar-refractivity contribution in [3.05, 3.63) is 71.8 Å². The van der Waals surface area contributed by atoms with Gasteiger partial charge in [-0.3, -0.25) is 9.59 Å². The van der Waals surface area contributed by atoms with E-state index in [0.29, 0.717) is 6.42 Å². The molecule has 0 aliphatic carbocycles. The van der Waals surface area contributed by atoms with Crippen LogP contribution in [0.4, 0.5) is 13.2 Å². The number of Topliss-reactive ketones (excluding diaryl/α,β-unsaturated/α-hetero) is 1. The zero-order valence-corrected chi connectivity index (χ0v) is 16.6. The van der Waals surface area contributed by atoms with E-state index in [-0.39, 0.29) is 12.0 Å². The molecule has 2 aromatic carbocycles. The average molecular weight is 410 g/mol. The van der Waals surface area contributed by atoms with Crippen LogP contribution in [0, 0.1) is 11.3 Å². The zero-order valence-electron chi connectivity index (χ0n) is 15.4. The number of aryl methyl sites for hydroxylation is 1. The van der Waals surface area contributed by atoms with E-state index >= 15 is 0 Å². The molecule has 0 aromatic heterocycles. The molecule has 150 valence electrons. The number of hydrogen-bond donors (Lipinski definition) is 0. The van der Waals surface area contributed by atoms with Gasteiger partial charge in [-0.15, -0.1) is 0 Å². The van der Waals surface area contributed by atoms with Crippen LogP contribution in [0.25, 0.3) is 0 Å². The van der Waals surface area contributed by atoms with Gasteiger partial charge in [0.2, 0.25) is 0 Å². The van der Waals surface area contributed by atoms with Crippen LogP contribution in [0.2, 0.25) is 0 Å². The third-order valence-electron chi connectivity index (χ3n) is 5.05. The lowest BCUT2D eigenvalue weighted by Crippen LogP contribution is -2.51. The van der Waals surface area contributed by atoms with E-state index in [1.54, 1.807) is 27.7 Å². The van der Waals surface area contributed by atoms with E-state index in [0.717, 1.165) is 5.56 Å². The monoisotopic (exact) mass is 410 g/mol. The van der Waals surface area contributed by atoms with Gasteiger partial charge in [-0.05, 0) is 24.3 Å². The molecule has 0 radical (unpaired) electrons. The minimum absolute atomic E-state index is 0.0806. The molecule has 0 spiro atoms. The number of halogens is 3. The minimum atomic E-state index is -4.92. The van der Waals surface area contributed by atoms with Crippen molar-refractivity contribution in [3.63, 3.8) is 0 Å². The summed E-state index contributed by atoms with van der Waals surface area (Å²) < 4.78 is 47.5. The van der Waals surface area contributed by atoms with Crippen LogP contribution in [0.1, 0.15) is 35.7 Å². The summed E-state index contributed by atoms with van der Waals surface area (Å²) in [4.78, 5) is 25.0. The van der Waals surface area contributed by atoms with Crippen LogP contribution in [0.3, 0.4) is 0 Å². The van der Waals surface area contributed by atoms with Gasteiger partial charge >= 0.3 is 12.1 Å². The first-order valence-corrected chi connectivity index (χ1v) is 9.29. The smallest absolute Gasteiger partial charge is 0.402 e. The SMILES string of the molecule is CC(CCc1ccccc1)C(CC(=O)OP)(C(=O)c1ccccc1)C(F)(F)F. The Morgan fingerprint density at radius 1 is 1.00 bits per heavy atom. The Kier molecular flexibility index (Phi) is 7.36. The number of ketones is 1. The van der Waals surface area contributed by atoms with Gasteiger partial charge in [0, 0.05) is 5.56 Å². The number of carbonyl (C=O) groups is 2. The number of rotatable bonds is 8. The Hall–Kier alpha value is -2.20. The second kappa shape index (κ2) is 9.33. The van der Waals surface area contributed by atoms with Gasteiger partial charge in [0.25, 0.3) is 0 Å². The second-order valence-electron chi connectivity index (χ2n) is 6.76. The van der Waals surface area contributed by atoms with Gasteiger partial charge in [0.15, 0.2) is 5.78 Å². The number of alkyl halides is 3. The van der Waals surface area contributed by atoms with E-state index in [4.69, 9.17) is 0 Å². The highest BCUT2D eigenvalue weighted by Gasteiger charge is 2.63. The summed E-state index contributed by atoms with van der Waals surface area (Å²) in [5.74, 6) is -3.35. The molecule has 0 heterocycles. The fraction of sp³-hybridized carbons (Fsp3) is 0.333. The lowest BCUT2D eigenvalue weighted by atomic mass is 9.66. The Morgan fingerprint density at radius 2 is 1.54 bits per heavy atom. The van der Waals surface area contributed by atoms with Gasteiger partial charge in [-0.1, -0.05) is 67.6 Å². The van der Waals surface area contributed by atoms with Gasteiger partial charge in [-0.2, -0.15) is 13.2 Å². The summed E-state index contributed by atoms with van der Waals surface area (Å²) in [5.41, 5.74) is -2.08. The summed E-state index contributed by atoms with van der Waals surface area (Å²) in [6.45, 7) is 1.37. The molecule has 2 rings (SSSR count). The fourth-order valence-electron chi connectivity index (χ4n) is 3.38. The van der Waals surface area contributed by atoms with Crippen LogP contribution in [-0.4, -0.2) is 17.9 Å². The van der Waals surface area contributed by atoms with Crippen molar-refractivity contribution in [1.82, 2.24) is 0 Å². The highest BCUT2D eigenvalue weighted by atomic mass is 31.0. The summed E-state index contributed by atoms with van der Waals surface area (Å²) in [7, 11) is 1.65. The quantitative estimate of drug-likeness (QED) is 0.432. The van der Waals surface area contributed by atoms with Crippen molar-refractivity contribution in [2.24, 2.45) is 11.3 Å². The Morgan fingerprint density at radius 3 is 2.04 bits per heavy atom. The van der Waals surface area contributed by atoms with Crippen molar-refractivity contribution < 1.29 is 27.3 Å². The molecule has 0 amide bonds. The molecule has 0 N–H and O–H groups in total. The van der Waals surface area contributed by atoms with E-state index in [1.165, 1.54) is 31.2 Å². The lowest BCUT2D eigenvalue weighted by Gasteiger charge is -2.38. The maximum Gasteiger partial charge on any atom is 0.402 e. The fourth-order valence-corrected chi connectivity index (χ4v) is 3.46. The highest BCUT2D eigenvalue weighted by molar-refractivity contribution is 7.10. The summed E-state index contributed by atoms with van der Waals surface area (Å²) >= 11 is 0. The van der Waals surface area contributed by atoms with Crippen LogP contribution >= 0.6 is 9.47 Å². The molecular formula is C21H22F3O3P. The third-order valence-corrected chi connectivity index (χ3v) is 5.31. The van der Waals surface area contributed by atoms with Gasteiger partial charge in [-0.25, -0.2) is 0 Å². The number of benzene rings is 2. The first kappa shape index (κ1) is 22.1. The maximum atomic E-state index is 14.3. The maximum absolute atomic E-state index is 14.3. The van der Waals surface area contributed by atoms with E-state index in [2.05, 4.69) is 4.52 Å². The molecule has 3 atom stereocenters. The van der Waals surface area contributed by atoms with Crippen molar-refractivity contribution in [3.8, 4) is 0 Å². The van der Waals surface area contributed by atoms with Crippen LogP contribution in [0.5, 0.6) is 0 Å². The first-order chi connectivity index (χ1) is 13.2. The topological polar surface area (TPSA) is 43.4 Å². The summed E-state index contributed by atoms with van der Waals surface area (Å²) in [5, 5.41) is 0. The van der Waals surface area contributed by atoms with E-state index < -0.39 is 35.7 Å². The van der Waals surface area contributed by atoms with Crippen LogP contribution in [0.15, 0.2) is 60.7 Å². The Labute approximate surface area is 164 Å². The number of hydrogen-bond acceptors (Lipinski definition) is 3. The molecule has 3 nitrogen and oxygen atoms in total. The van der Waals surface area contributed by atoms with Crippen molar-refractivity contribution in [1.29, 1.82) is 0 Å². The molecule has 0 bridgehead atoms. The van der Waals surface area contributed by atoms with Gasteiger partial charge < -0.3 is 4.52 Å². The third kappa shape index (κ3) is 4.79. The molecule has 0 fully saturated rings. The number of carbonyl (C=O) groups excluding carboxylic acids is 2. The average Bonchev–Trinajstić information content (AvgIpc) is 2.70. The molecule has 0 aliphatic rings. The molecule has 3 unspecified atom stereocenters. The largest absolute Gasteiger partial charge is 0.451 e. The second-order valence-corrected chi connectivity index (χ2v) is 6.99. The molecule has 28 heavy (non-hydrogen) atoms. The van der Waals surface area contributed by atoms with Crippen molar-refractivity contribution in [2.45, 2.75) is 32.4 Å². The Balaban J connectivity index is 2.45. The predicted octanol–water partition coefficient (Wildman–Crippen LogP) is 5.41. The zero-order chi connectivity index (χ0) is 20.8. The van der Waals surface area contributed by atoms with Crippen LogP contribution < -0.4 is 0 Å². The van der Waals surface area contributed by atoms with Crippen LogP contribution in [-0.2, 0) is 15.7 Å². The van der Waals surface area contributed by atoms with Gasteiger partial charge in [0.05, 0.1) is 15.9 Å². The Bertz CT molecular complexity index is 794. The van der Waals surface area contributed by atoms with Gasteiger partial charge in [0.1, 0.15) is 5.41 Å². The molecule has 0 saturated heterocycles. The molecular weight excluding hydrogens is 388 g/mol. The normalized spacial score (nSPS) is 14.8. The predicted molar refractivity (Wildman–Crippen MR) is 104 cm³/mol. The van der Waals surface area contributed by atoms with Crippen molar-refractivity contribution in [2.75, 3.05) is 0 Å². The minimum Gasteiger partial charge on any atom is -0.451 e. The highest BCUT2D eigenvalue weighted by Crippen LogP contribution is 2.51. The summed E-state index contributed by atoms with van der Waals surface area (Å²) in [6, 6.07) is 16.3. The molecule has 7 heteroatoms. The van der Waals surface area contributed by atoms with Crippen molar-refractivity contribution >= 4 is 21.2 Å². The molecule has 0 aliphatic heterocycles. The van der Waals surface area contributed by atoms with E-state index in [1.807, 2.05) is 18.2 Å².